The summed E-state index contributed by atoms with van der Waals surface area (Å²) in [6.07, 6.45) is 2.72. The monoisotopic (exact) mass is 578 g/mol. The molecule has 6 nitrogen and oxygen atoms in total. The number of nitrogens with zero attached hydrogens (tertiary/aromatic N) is 1. The predicted octanol–water partition coefficient (Wildman–Crippen LogP) is 7.14. The molecule has 0 spiro atoms. The smallest absolute Gasteiger partial charge is 0.343 e. The zero-order chi connectivity index (χ0) is 30.9. The third-order valence-corrected chi connectivity index (χ3v) is 8.31. The molecule has 224 valence electrons. The van der Waals surface area contributed by atoms with Gasteiger partial charge in [-0.2, -0.15) is 0 Å². The Hall–Kier alpha value is -3.65. The molecule has 8 heteroatoms. The second-order valence-corrected chi connectivity index (χ2v) is 12.2. The number of alkyl halides is 1. The molecule has 0 radical (unpaired) electrons. The summed E-state index contributed by atoms with van der Waals surface area (Å²) in [6.45, 7) is 13.0. The standard InChI is InChI=1S/C34H40F2N2O4/c1-19(2)38(20(3)4)18-25-15-27(21(5)13-28(25)29-16-31(40)37-17-30(29)35)33(41)42-26-10-8-9-24(14-26)32(23-11-12-23)34(7,36)22(6)39/h8-10,13-17,19-20,23,32H,11-12,18H2,1-7H3,(H,37,40)/t32-,34-/m0/s1. The van der Waals surface area contributed by atoms with Crippen molar-refractivity contribution < 1.29 is 23.1 Å². The van der Waals surface area contributed by atoms with Crippen LogP contribution in [0, 0.1) is 18.7 Å². The number of halogens is 2. The SMILES string of the molecule is CC(=O)[C@](C)(F)[C@H](c1cccc(OC(=O)c2cc(CN(C(C)C)C(C)C)c(-c3cc(=O)[nH]cc3F)cc2C)c1)C1CC1. The van der Waals surface area contributed by atoms with E-state index in [0.29, 0.717) is 34.4 Å². The summed E-state index contributed by atoms with van der Waals surface area (Å²) in [5.74, 6) is -2.02. The molecule has 4 rings (SSSR count). The zero-order valence-electron chi connectivity index (χ0n) is 25.4. The van der Waals surface area contributed by atoms with Crippen LogP contribution in [0.15, 0.2) is 53.5 Å². The quantitative estimate of drug-likeness (QED) is 0.193. The third-order valence-electron chi connectivity index (χ3n) is 8.31. The first-order valence-corrected chi connectivity index (χ1v) is 14.5. The van der Waals surface area contributed by atoms with Gasteiger partial charge in [-0.3, -0.25) is 14.5 Å². The summed E-state index contributed by atoms with van der Waals surface area (Å²) in [5, 5.41) is 0. The lowest BCUT2D eigenvalue weighted by molar-refractivity contribution is -0.129. The van der Waals surface area contributed by atoms with Crippen LogP contribution < -0.4 is 10.3 Å². The van der Waals surface area contributed by atoms with Gasteiger partial charge in [-0.25, -0.2) is 13.6 Å². The van der Waals surface area contributed by atoms with Crippen LogP contribution in [0.4, 0.5) is 8.78 Å². The average Bonchev–Trinajstić information content (AvgIpc) is 3.73. The fourth-order valence-corrected chi connectivity index (χ4v) is 5.78. The van der Waals surface area contributed by atoms with Gasteiger partial charge < -0.3 is 9.72 Å². The maximum absolute atomic E-state index is 15.5. The van der Waals surface area contributed by atoms with E-state index in [9.17, 15) is 18.8 Å². The number of Topliss-reactive ketones (excluding diaryl/α,β-unsaturated/α-hetero) is 1. The van der Waals surface area contributed by atoms with Crippen LogP contribution in [0.2, 0.25) is 0 Å². The Morgan fingerprint density at radius 3 is 2.33 bits per heavy atom. The highest BCUT2D eigenvalue weighted by atomic mass is 19.1. The number of hydrogen-bond acceptors (Lipinski definition) is 5. The number of benzene rings is 2. The molecule has 0 amide bonds. The Labute approximate surface area is 246 Å². The minimum Gasteiger partial charge on any atom is -0.423 e. The molecule has 0 bridgehead atoms. The third kappa shape index (κ3) is 6.70. The molecule has 1 aliphatic carbocycles. The van der Waals surface area contributed by atoms with E-state index in [1.54, 1.807) is 43.3 Å². The number of H-pyrrole nitrogens is 1. The van der Waals surface area contributed by atoms with E-state index in [2.05, 4.69) is 37.6 Å². The molecule has 1 saturated carbocycles. The second kappa shape index (κ2) is 12.3. The maximum atomic E-state index is 15.5. The van der Waals surface area contributed by atoms with Crippen LogP contribution in [0.3, 0.4) is 0 Å². The average molecular weight is 579 g/mol. The van der Waals surface area contributed by atoms with E-state index in [0.717, 1.165) is 19.0 Å². The topological polar surface area (TPSA) is 79.5 Å². The van der Waals surface area contributed by atoms with Gasteiger partial charge in [0.05, 0.1) is 5.56 Å². The highest BCUT2D eigenvalue weighted by molar-refractivity contribution is 5.94. The van der Waals surface area contributed by atoms with Crippen molar-refractivity contribution >= 4 is 11.8 Å². The molecule has 0 aliphatic heterocycles. The lowest BCUT2D eigenvalue weighted by Gasteiger charge is -2.31. The Morgan fingerprint density at radius 2 is 1.74 bits per heavy atom. The summed E-state index contributed by atoms with van der Waals surface area (Å²) in [5.41, 5.74) is 0.373. The second-order valence-electron chi connectivity index (χ2n) is 12.2. The van der Waals surface area contributed by atoms with E-state index in [1.807, 2.05) is 0 Å². The van der Waals surface area contributed by atoms with E-state index in [1.165, 1.54) is 19.9 Å². The van der Waals surface area contributed by atoms with Crippen LogP contribution in [-0.4, -0.2) is 39.4 Å². The van der Waals surface area contributed by atoms with Crippen molar-refractivity contribution in [3.05, 3.63) is 87.1 Å². The highest BCUT2D eigenvalue weighted by Crippen LogP contribution is 2.50. The molecule has 1 aliphatic rings. The van der Waals surface area contributed by atoms with Gasteiger partial charge in [0.1, 0.15) is 11.6 Å². The fourth-order valence-electron chi connectivity index (χ4n) is 5.78. The van der Waals surface area contributed by atoms with Crippen molar-refractivity contribution in [2.45, 2.75) is 91.5 Å². The minimum absolute atomic E-state index is 0.0580. The summed E-state index contributed by atoms with van der Waals surface area (Å²) < 4.78 is 36.3. The number of rotatable bonds is 11. The number of hydrogen-bond donors (Lipinski definition) is 1. The summed E-state index contributed by atoms with van der Waals surface area (Å²) >= 11 is 0. The van der Waals surface area contributed by atoms with Crippen molar-refractivity contribution in [2.75, 3.05) is 0 Å². The molecule has 1 heterocycles. The summed E-state index contributed by atoms with van der Waals surface area (Å²) in [6, 6.07) is 11.7. The first kappa shape index (κ1) is 31.3. The molecule has 1 N–H and O–H groups in total. The number of pyridine rings is 1. The Bertz CT molecular complexity index is 1530. The molecule has 42 heavy (non-hydrogen) atoms. The van der Waals surface area contributed by atoms with E-state index < -0.39 is 34.7 Å². The van der Waals surface area contributed by atoms with Crippen LogP contribution in [-0.2, 0) is 11.3 Å². The van der Waals surface area contributed by atoms with Crippen molar-refractivity contribution in [3.63, 3.8) is 0 Å². The first-order valence-electron chi connectivity index (χ1n) is 14.5. The van der Waals surface area contributed by atoms with Gasteiger partial charge in [-0.1, -0.05) is 18.2 Å². The molecule has 0 unspecified atom stereocenters. The normalized spacial score (nSPS) is 15.6. The van der Waals surface area contributed by atoms with Gasteiger partial charge in [0, 0.05) is 42.4 Å². The number of aryl methyl sites for hydroxylation is 1. The first-order chi connectivity index (χ1) is 19.7. The van der Waals surface area contributed by atoms with Crippen LogP contribution in [0.25, 0.3) is 11.1 Å². The summed E-state index contributed by atoms with van der Waals surface area (Å²) in [7, 11) is 0. The largest absolute Gasteiger partial charge is 0.423 e. The van der Waals surface area contributed by atoms with Gasteiger partial charge in [-0.05, 0) is 108 Å². The Morgan fingerprint density at radius 1 is 1.07 bits per heavy atom. The van der Waals surface area contributed by atoms with E-state index >= 15 is 4.39 Å². The molecule has 1 aromatic heterocycles. The van der Waals surface area contributed by atoms with Crippen LogP contribution in [0.1, 0.15) is 87.4 Å². The van der Waals surface area contributed by atoms with E-state index in [-0.39, 0.29) is 29.3 Å². The number of carbonyl (C=O) groups is 2. The molecule has 1 fully saturated rings. The zero-order valence-corrected chi connectivity index (χ0v) is 25.4. The van der Waals surface area contributed by atoms with Crippen LogP contribution in [0.5, 0.6) is 5.75 Å². The van der Waals surface area contributed by atoms with Crippen molar-refractivity contribution in [3.8, 4) is 16.9 Å². The number of ketones is 1. The van der Waals surface area contributed by atoms with Gasteiger partial charge in [0.25, 0.3) is 0 Å². The Kier molecular flexibility index (Phi) is 9.16. The fraction of sp³-hybridized carbons (Fsp3) is 0.441. The molecule has 2 aromatic carbocycles. The molecular formula is C34H40F2N2O4. The van der Waals surface area contributed by atoms with Crippen molar-refractivity contribution in [1.82, 2.24) is 9.88 Å². The maximum Gasteiger partial charge on any atom is 0.343 e. The molecule has 2 atom stereocenters. The molecule has 3 aromatic rings. The number of aromatic nitrogens is 1. The number of ether oxygens (including phenoxy) is 1. The number of carbonyl (C=O) groups excluding carboxylic acids is 2. The van der Waals surface area contributed by atoms with E-state index in [4.69, 9.17) is 4.74 Å². The van der Waals surface area contributed by atoms with Crippen molar-refractivity contribution in [2.24, 2.45) is 5.92 Å². The Balaban J connectivity index is 1.73. The van der Waals surface area contributed by atoms with Crippen LogP contribution >= 0.6 is 0 Å². The van der Waals surface area contributed by atoms with Gasteiger partial charge in [-0.15, -0.1) is 0 Å². The minimum atomic E-state index is -2.03. The predicted molar refractivity (Wildman–Crippen MR) is 160 cm³/mol. The number of esters is 1. The lowest BCUT2D eigenvalue weighted by atomic mass is 9.79. The lowest BCUT2D eigenvalue weighted by Crippen LogP contribution is -2.36. The van der Waals surface area contributed by atoms with Gasteiger partial charge >= 0.3 is 5.97 Å². The summed E-state index contributed by atoms with van der Waals surface area (Å²) in [4.78, 5) is 42.4. The molecular weight excluding hydrogens is 538 g/mol. The number of nitrogens with one attached hydrogen (secondary N) is 1. The number of aromatic amines is 1. The molecule has 0 saturated heterocycles. The van der Waals surface area contributed by atoms with Crippen molar-refractivity contribution in [1.29, 1.82) is 0 Å². The van der Waals surface area contributed by atoms with Gasteiger partial charge in [0.15, 0.2) is 11.5 Å². The van der Waals surface area contributed by atoms with Gasteiger partial charge in [0.2, 0.25) is 5.56 Å². The highest BCUT2D eigenvalue weighted by Gasteiger charge is 2.48.